The summed E-state index contributed by atoms with van der Waals surface area (Å²) in [6.45, 7) is 4.82. The average molecular weight is 281 g/mol. The maximum Gasteiger partial charge on any atom is 0.330 e. The Morgan fingerprint density at radius 1 is 1.45 bits per heavy atom. The third kappa shape index (κ3) is 2.81. The van der Waals surface area contributed by atoms with Gasteiger partial charge in [-0.3, -0.25) is 14.3 Å². The molecule has 2 rings (SSSR count). The fraction of sp³-hybridized carbons (Fsp3) is 0.583. The first-order chi connectivity index (χ1) is 9.33. The molecule has 0 aliphatic heterocycles. The molecule has 0 aliphatic rings. The van der Waals surface area contributed by atoms with Gasteiger partial charge < -0.3 is 15.0 Å². The molecule has 0 bridgehead atoms. The first kappa shape index (κ1) is 14.5. The Hall–Kier alpha value is -1.93. The van der Waals surface area contributed by atoms with Crippen LogP contribution in [0.4, 0.5) is 0 Å². The van der Waals surface area contributed by atoms with Crippen molar-refractivity contribution >= 4 is 11.2 Å². The van der Waals surface area contributed by atoms with E-state index in [1.807, 2.05) is 13.8 Å². The molecule has 0 aliphatic carbocycles. The number of hydrogen-bond donors (Lipinski definition) is 2. The molecular formula is C12H19N5O3. The summed E-state index contributed by atoms with van der Waals surface area (Å²) in [4.78, 5) is 30.3. The normalized spacial score (nSPS) is 12.2. The molecule has 0 radical (unpaired) electrons. The zero-order chi connectivity index (χ0) is 14.9. The van der Waals surface area contributed by atoms with Crippen LogP contribution in [0.25, 0.3) is 11.2 Å². The van der Waals surface area contributed by atoms with Gasteiger partial charge in [0.25, 0.3) is 5.56 Å². The van der Waals surface area contributed by atoms with Gasteiger partial charge in [0.1, 0.15) is 0 Å². The van der Waals surface area contributed by atoms with E-state index in [1.165, 1.54) is 10.9 Å². The van der Waals surface area contributed by atoms with Crippen LogP contribution in [0.3, 0.4) is 0 Å². The second kappa shape index (κ2) is 5.22. The van der Waals surface area contributed by atoms with Crippen LogP contribution >= 0.6 is 0 Å². The molecule has 0 saturated carbocycles. The minimum atomic E-state index is -0.492. The number of imidazole rings is 1. The summed E-state index contributed by atoms with van der Waals surface area (Å²) in [7, 11) is 1.55. The van der Waals surface area contributed by atoms with Crippen molar-refractivity contribution in [2.75, 3.05) is 13.7 Å². The Bertz CT molecular complexity index is 719. The molecule has 0 aromatic carbocycles. The Balaban J connectivity index is 2.61. The van der Waals surface area contributed by atoms with E-state index in [4.69, 9.17) is 10.5 Å². The molecule has 0 atom stereocenters. The molecule has 20 heavy (non-hydrogen) atoms. The van der Waals surface area contributed by atoms with Gasteiger partial charge in [0.05, 0.1) is 19.5 Å². The summed E-state index contributed by atoms with van der Waals surface area (Å²) >= 11 is 0. The van der Waals surface area contributed by atoms with Crippen molar-refractivity contribution in [3.63, 3.8) is 0 Å². The predicted molar refractivity (Wildman–Crippen MR) is 74.8 cm³/mol. The van der Waals surface area contributed by atoms with E-state index in [0.29, 0.717) is 30.9 Å². The lowest BCUT2D eigenvalue weighted by molar-refractivity contribution is 0.187. The van der Waals surface area contributed by atoms with Gasteiger partial charge in [-0.2, -0.15) is 0 Å². The first-order valence-corrected chi connectivity index (χ1v) is 6.29. The van der Waals surface area contributed by atoms with Gasteiger partial charge in [-0.15, -0.1) is 0 Å². The molecule has 0 fully saturated rings. The number of aromatic nitrogens is 4. The van der Waals surface area contributed by atoms with Gasteiger partial charge >= 0.3 is 5.69 Å². The molecule has 0 saturated heterocycles. The first-order valence-electron chi connectivity index (χ1n) is 6.29. The molecule has 110 valence electrons. The van der Waals surface area contributed by atoms with Gasteiger partial charge in [-0.25, -0.2) is 9.78 Å². The minimum absolute atomic E-state index is 0.325. The van der Waals surface area contributed by atoms with Crippen LogP contribution in [0.2, 0.25) is 0 Å². The Morgan fingerprint density at radius 3 is 2.75 bits per heavy atom. The minimum Gasteiger partial charge on any atom is -0.383 e. The topological polar surface area (TPSA) is 108 Å². The van der Waals surface area contributed by atoms with E-state index in [0.717, 1.165) is 0 Å². The van der Waals surface area contributed by atoms with Crippen LogP contribution in [0.1, 0.15) is 13.8 Å². The molecule has 0 amide bonds. The lowest BCUT2D eigenvalue weighted by atomic mass is 10.1. The third-order valence-electron chi connectivity index (χ3n) is 2.85. The Labute approximate surface area is 115 Å². The summed E-state index contributed by atoms with van der Waals surface area (Å²) in [6.07, 6.45) is 1.53. The number of aromatic amines is 1. The molecule has 3 N–H and O–H groups in total. The van der Waals surface area contributed by atoms with Gasteiger partial charge in [0.2, 0.25) is 0 Å². The van der Waals surface area contributed by atoms with Crippen molar-refractivity contribution < 1.29 is 4.74 Å². The van der Waals surface area contributed by atoms with E-state index in [1.54, 1.807) is 11.7 Å². The lowest BCUT2D eigenvalue weighted by Crippen LogP contribution is -2.38. The van der Waals surface area contributed by atoms with Crippen molar-refractivity contribution in [3.8, 4) is 0 Å². The molecule has 0 spiro atoms. The number of nitrogens with two attached hydrogens (primary N) is 1. The number of fused-ring (bicyclic) bond motifs is 1. The smallest absolute Gasteiger partial charge is 0.330 e. The van der Waals surface area contributed by atoms with Crippen LogP contribution < -0.4 is 17.0 Å². The van der Waals surface area contributed by atoms with Crippen LogP contribution in [-0.4, -0.2) is 38.4 Å². The number of rotatable bonds is 5. The highest BCUT2D eigenvalue weighted by Crippen LogP contribution is 2.10. The van der Waals surface area contributed by atoms with Gasteiger partial charge in [0.15, 0.2) is 11.2 Å². The molecular weight excluding hydrogens is 262 g/mol. The second-order valence-electron chi connectivity index (χ2n) is 5.44. The number of nitrogens with zero attached hydrogens (tertiary/aromatic N) is 3. The molecule has 0 unspecified atom stereocenters. The molecule has 2 aromatic heterocycles. The number of H-pyrrole nitrogens is 1. The quantitative estimate of drug-likeness (QED) is 0.751. The van der Waals surface area contributed by atoms with Gasteiger partial charge in [0, 0.05) is 19.2 Å². The van der Waals surface area contributed by atoms with E-state index in [9.17, 15) is 9.59 Å². The van der Waals surface area contributed by atoms with Crippen molar-refractivity contribution in [2.24, 2.45) is 5.73 Å². The van der Waals surface area contributed by atoms with E-state index in [-0.39, 0.29) is 0 Å². The Kier molecular flexibility index (Phi) is 3.78. The van der Waals surface area contributed by atoms with Crippen LogP contribution in [-0.2, 0) is 17.8 Å². The highest BCUT2D eigenvalue weighted by molar-refractivity contribution is 5.69. The van der Waals surface area contributed by atoms with Crippen molar-refractivity contribution in [1.29, 1.82) is 0 Å². The summed E-state index contributed by atoms with van der Waals surface area (Å²) < 4.78 is 8.01. The van der Waals surface area contributed by atoms with Crippen molar-refractivity contribution in [1.82, 2.24) is 19.1 Å². The summed E-state index contributed by atoms with van der Waals surface area (Å²) in [5.41, 5.74) is 5.22. The largest absolute Gasteiger partial charge is 0.383 e. The van der Waals surface area contributed by atoms with E-state index in [2.05, 4.69) is 9.97 Å². The van der Waals surface area contributed by atoms with Gasteiger partial charge in [-0.1, -0.05) is 0 Å². The van der Waals surface area contributed by atoms with Crippen LogP contribution in [0, 0.1) is 0 Å². The number of ether oxygens (including phenoxy) is 1. The molecule has 2 aromatic rings. The predicted octanol–water partition coefficient (Wildman–Crippen LogP) is -0.730. The van der Waals surface area contributed by atoms with E-state index < -0.39 is 16.8 Å². The van der Waals surface area contributed by atoms with Crippen molar-refractivity contribution in [2.45, 2.75) is 32.5 Å². The maximum absolute atomic E-state index is 12.0. The van der Waals surface area contributed by atoms with Crippen molar-refractivity contribution in [3.05, 3.63) is 27.2 Å². The summed E-state index contributed by atoms with van der Waals surface area (Å²) in [5, 5.41) is 0. The van der Waals surface area contributed by atoms with Gasteiger partial charge in [-0.05, 0) is 13.8 Å². The fourth-order valence-electron chi connectivity index (χ4n) is 2.07. The monoisotopic (exact) mass is 281 g/mol. The van der Waals surface area contributed by atoms with E-state index >= 15 is 0 Å². The zero-order valence-electron chi connectivity index (χ0n) is 11.8. The third-order valence-corrected chi connectivity index (χ3v) is 2.85. The number of nitrogens with one attached hydrogen (secondary N) is 1. The molecule has 8 nitrogen and oxygen atoms in total. The standard InChI is InChI=1S/C12H19N5O3/c1-12(2,13)6-16-7-14-9-8(16)10(18)15-11(19)17(9)4-5-20-3/h7H,4-6,13H2,1-3H3,(H,15,18,19). The second-order valence-corrected chi connectivity index (χ2v) is 5.44. The Morgan fingerprint density at radius 2 is 2.15 bits per heavy atom. The molecule has 8 heteroatoms. The SMILES string of the molecule is COCCn1c(=O)[nH]c(=O)c2c1ncn2CC(C)(C)N. The summed E-state index contributed by atoms with van der Waals surface area (Å²) in [6, 6.07) is 0. The lowest BCUT2D eigenvalue weighted by Gasteiger charge is -2.19. The average Bonchev–Trinajstić information content (AvgIpc) is 2.70. The van der Waals surface area contributed by atoms with Crippen LogP contribution in [0.5, 0.6) is 0 Å². The fourth-order valence-corrected chi connectivity index (χ4v) is 2.07. The van der Waals surface area contributed by atoms with Crippen LogP contribution in [0.15, 0.2) is 15.9 Å². The zero-order valence-corrected chi connectivity index (χ0v) is 11.8. The highest BCUT2D eigenvalue weighted by Gasteiger charge is 2.18. The molecule has 2 heterocycles. The number of hydrogen-bond acceptors (Lipinski definition) is 5. The highest BCUT2D eigenvalue weighted by atomic mass is 16.5. The summed E-state index contributed by atoms with van der Waals surface area (Å²) in [5.74, 6) is 0. The maximum atomic E-state index is 12.0. The number of methoxy groups -OCH3 is 1.